The summed E-state index contributed by atoms with van der Waals surface area (Å²) in [6.45, 7) is 3.90. The summed E-state index contributed by atoms with van der Waals surface area (Å²) in [7, 11) is 0. The van der Waals surface area contributed by atoms with Gasteiger partial charge in [0.25, 0.3) is 0 Å². The molecule has 0 unspecified atom stereocenters. The quantitative estimate of drug-likeness (QED) is 0.564. The van der Waals surface area contributed by atoms with E-state index in [2.05, 4.69) is 4.74 Å². The highest BCUT2D eigenvalue weighted by atomic mass is 19.1. The van der Waals surface area contributed by atoms with Crippen LogP contribution in [0.2, 0.25) is 0 Å². The molecule has 2 nitrogen and oxygen atoms in total. The van der Waals surface area contributed by atoms with Crippen LogP contribution in [0.1, 0.15) is 18.1 Å². The molecule has 0 spiro atoms. The number of ether oxygens (including phenoxy) is 1. The van der Waals surface area contributed by atoms with Crippen molar-refractivity contribution in [2.75, 3.05) is 6.61 Å². The number of carbonyl (C=O) groups is 1. The van der Waals surface area contributed by atoms with E-state index in [1.807, 2.05) is 6.92 Å². The molecule has 15 heavy (non-hydrogen) atoms. The standard InChI is InChI=1S/C12H13FO2/c1-3-15-12(14)7-5-10-8-9(2)4-6-11(10)13/h4-8H,3H2,1-2H3/b7-5+. The lowest BCUT2D eigenvalue weighted by Gasteiger charge is -1.99. The van der Waals surface area contributed by atoms with Gasteiger partial charge in [-0.2, -0.15) is 0 Å². The summed E-state index contributed by atoms with van der Waals surface area (Å²) in [4.78, 5) is 11.0. The van der Waals surface area contributed by atoms with Crippen LogP contribution in [0.4, 0.5) is 4.39 Å². The van der Waals surface area contributed by atoms with Crippen molar-refractivity contribution in [2.45, 2.75) is 13.8 Å². The largest absolute Gasteiger partial charge is 0.463 e. The molecule has 1 rings (SSSR count). The Morgan fingerprint density at radius 3 is 2.93 bits per heavy atom. The van der Waals surface area contributed by atoms with Crippen molar-refractivity contribution in [1.29, 1.82) is 0 Å². The highest BCUT2D eigenvalue weighted by Gasteiger charge is 1.99. The number of carbonyl (C=O) groups excluding carboxylic acids is 1. The predicted octanol–water partition coefficient (Wildman–Crippen LogP) is 2.71. The number of hydrogen-bond donors (Lipinski definition) is 0. The summed E-state index contributed by atoms with van der Waals surface area (Å²) in [5.74, 6) is -0.806. The first kappa shape index (κ1) is 11.4. The molecule has 1 aromatic rings. The second-order valence-corrected chi connectivity index (χ2v) is 3.11. The number of aryl methyl sites for hydroxylation is 1. The smallest absolute Gasteiger partial charge is 0.330 e. The molecule has 80 valence electrons. The van der Waals surface area contributed by atoms with Crippen molar-refractivity contribution < 1.29 is 13.9 Å². The number of halogens is 1. The Bertz CT molecular complexity index is 383. The van der Waals surface area contributed by atoms with Crippen LogP contribution in [0.5, 0.6) is 0 Å². The molecule has 0 heterocycles. The maximum Gasteiger partial charge on any atom is 0.330 e. The summed E-state index contributed by atoms with van der Waals surface area (Å²) in [5.41, 5.74) is 1.34. The molecule has 0 amide bonds. The van der Waals surface area contributed by atoms with Gasteiger partial charge in [0.05, 0.1) is 6.61 Å². The molecule has 0 saturated heterocycles. The van der Waals surface area contributed by atoms with Crippen LogP contribution < -0.4 is 0 Å². The second-order valence-electron chi connectivity index (χ2n) is 3.11. The summed E-state index contributed by atoms with van der Waals surface area (Å²) < 4.78 is 17.9. The monoisotopic (exact) mass is 208 g/mol. The Labute approximate surface area is 88.4 Å². The van der Waals surface area contributed by atoms with Gasteiger partial charge in [0.2, 0.25) is 0 Å². The Hall–Kier alpha value is -1.64. The molecule has 0 N–H and O–H groups in total. The molecule has 0 aliphatic rings. The van der Waals surface area contributed by atoms with Crippen molar-refractivity contribution >= 4 is 12.0 Å². The van der Waals surface area contributed by atoms with Crippen molar-refractivity contribution in [3.63, 3.8) is 0 Å². The average Bonchev–Trinajstić information content (AvgIpc) is 2.20. The summed E-state index contributed by atoms with van der Waals surface area (Å²) in [5, 5.41) is 0. The Balaban J connectivity index is 2.79. The van der Waals surface area contributed by atoms with Gasteiger partial charge in [-0.1, -0.05) is 11.6 Å². The van der Waals surface area contributed by atoms with E-state index in [1.165, 1.54) is 18.2 Å². The first-order valence-electron chi connectivity index (χ1n) is 4.74. The topological polar surface area (TPSA) is 26.3 Å². The van der Waals surface area contributed by atoms with Gasteiger partial charge in [-0.25, -0.2) is 9.18 Å². The van der Waals surface area contributed by atoms with Gasteiger partial charge in [0.15, 0.2) is 0 Å². The average molecular weight is 208 g/mol. The van der Waals surface area contributed by atoms with E-state index in [0.717, 1.165) is 5.56 Å². The molecular formula is C12H13FO2. The fourth-order valence-corrected chi connectivity index (χ4v) is 1.14. The third kappa shape index (κ3) is 3.54. The number of benzene rings is 1. The van der Waals surface area contributed by atoms with Crippen molar-refractivity contribution in [1.82, 2.24) is 0 Å². The van der Waals surface area contributed by atoms with Gasteiger partial charge in [0.1, 0.15) is 5.82 Å². The zero-order valence-corrected chi connectivity index (χ0v) is 8.79. The third-order valence-corrected chi connectivity index (χ3v) is 1.84. The molecule has 0 bridgehead atoms. The molecule has 0 atom stereocenters. The van der Waals surface area contributed by atoms with E-state index in [1.54, 1.807) is 19.1 Å². The van der Waals surface area contributed by atoms with Gasteiger partial charge in [-0.15, -0.1) is 0 Å². The van der Waals surface area contributed by atoms with Crippen LogP contribution in [0.15, 0.2) is 24.3 Å². The highest BCUT2D eigenvalue weighted by molar-refractivity contribution is 5.87. The first-order valence-corrected chi connectivity index (χ1v) is 4.74. The molecule has 0 aromatic heterocycles. The second kappa shape index (κ2) is 5.29. The van der Waals surface area contributed by atoms with E-state index in [-0.39, 0.29) is 5.82 Å². The zero-order valence-electron chi connectivity index (χ0n) is 8.79. The Morgan fingerprint density at radius 1 is 1.53 bits per heavy atom. The van der Waals surface area contributed by atoms with Crippen molar-refractivity contribution in [3.8, 4) is 0 Å². The SMILES string of the molecule is CCOC(=O)/C=C/c1cc(C)ccc1F. The van der Waals surface area contributed by atoms with Crippen LogP contribution in [-0.2, 0) is 9.53 Å². The maximum atomic E-state index is 13.2. The summed E-state index contributed by atoms with van der Waals surface area (Å²) >= 11 is 0. The van der Waals surface area contributed by atoms with Crippen molar-refractivity contribution in [2.24, 2.45) is 0 Å². The maximum absolute atomic E-state index is 13.2. The fraction of sp³-hybridized carbons (Fsp3) is 0.250. The molecular weight excluding hydrogens is 195 g/mol. The number of esters is 1. The molecule has 1 aromatic carbocycles. The van der Waals surface area contributed by atoms with Crippen molar-refractivity contribution in [3.05, 3.63) is 41.2 Å². The van der Waals surface area contributed by atoms with E-state index in [0.29, 0.717) is 12.2 Å². The normalized spacial score (nSPS) is 10.6. The molecule has 0 fully saturated rings. The number of rotatable bonds is 3. The minimum absolute atomic E-state index is 0.319. The van der Waals surface area contributed by atoms with Gasteiger partial charge in [-0.3, -0.25) is 0 Å². The predicted molar refractivity (Wildman–Crippen MR) is 56.8 cm³/mol. The van der Waals surface area contributed by atoms with Gasteiger partial charge < -0.3 is 4.74 Å². The van der Waals surface area contributed by atoms with E-state index < -0.39 is 5.97 Å². The van der Waals surface area contributed by atoms with Crippen LogP contribution in [0.25, 0.3) is 6.08 Å². The molecule has 0 aliphatic carbocycles. The summed E-state index contributed by atoms with van der Waals surface area (Å²) in [6, 6.07) is 4.72. The molecule has 0 aliphatic heterocycles. The summed E-state index contributed by atoms with van der Waals surface area (Å²) in [6.07, 6.45) is 2.64. The molecule has 0 saturated carbocycles. The Morgan fingerprint density at radius 2 is 2.27 bits per heavy atom. The lowest BCUT2D eigenvalue weighted by atomic mass is 10.1. The molecule has 0 radical (unpaired) electrons. The van der Waals surface area contributed by atoms with Gasteiger partial charge >= 0.3 is 5.97 Å². The van der Waals surface area contributed by atoms with Gasteiger partial charge in [-0.05, 0) is 32.1 Å². The Kier molecular flexibility index (Phi) is 4.03. The van der Waals surface area contributed by atoms with Crippen LogP contribution in [0.3, 0.4) is 0 Å². The minimum Gasteiger partial charge on any atom is -0.463 e. The lowest BCUT2D eigenvalue weighted by molar-refractivity contribution is -0.137. The van der Waals surface area contributed by atoms with Gasteiger partial charge in [0, 0.05) is 11.6 Å². The highest BCUT2D eigenvalue weighted by Crippen LogP contribution is 2.11. The first-order chi connectivity index (χ1) is 7.13. The third-order valence-electron chi connectivity index (χ3n) is 1.84. The number of hydrogen-bond acceptors (Lipinski definition) is 2. The van der Waals surface area contributed by atoms with Crippen LogP contribution >= 0.6 is 0 Å². The van der Waals surface area contributed by atoms with E-state index >= 15 is 0 Å². The van der Waals surface area contributed by atoms with E-state index in [4.69, 9.17) is 0 Å². The minimum atomic E-state index is -0.460. The lowest BCUT2D eigenvalue weighted by Crippen LogP contribution is -1.98. The fourth-order valence-electron chi connectivity index (χ4n) is 1.14. The zero-order chi connectivity index (χ0) is 11.3. The van der Waals surface area contributed by atoms with E-state index in [9.17, 15) is 9.18 Å². The van der Waals surface area contributed by atoms with Crippen LogP contribution in [-0.4, -0.2) is 12.6 Å². The molecule has 3 heteroatoms. The van der Waals surface area contributed by atoms with Crippen LogP contribution in [0, 0.1) is 12.7 Å².